The number of nitrogens with zero attached hydrogens (tertiary/aromatic N) is 2. The van der Waals surface area contributed by atoms with E-state index < -0.39 is 11.1 Å². The second-order valence-corrected chi connectivity index (χ2v) is 6.78. The van der Waals surface area contributed by atoms with Crippen LogP contribution in [0.2, 0.25) is 0 Å². The Morgan fingerprint density at radius 1 is 1.12 bits per heavy atom. The molecule has 26 heavy (non-hydrogen) atoms. The molecule has 0 aliphatic carbocycles. The van der Waals surface area contributed by atoms with Gasteiger partial charge in [-0.3, -0.25) is 19.3 Å². The van der Waals surface area contributed by atoms with Crippen LogP contribution in [0.1, 0.15) is 27.0 Å². The number of ketones is 1. The second kappa shape index (κ2) is 7.38. The van der Waals surface area contributed by atoms with E-state index in [0.717, 1.165) is 27.8 Å². The van der Waals surface area contributed by atoms with E-state index in [1.165, 1.54) is 24.3 Å². The monoisotopic (exact) mass is 362 g/mol. The average molecular weight is 362 g/mol. The zero-order valence-electron chi connectivity index (χ0n) is 13.9. The summed E-state index contributed by atoms with van der Waals surface area (Å²) >= 11 is 0.827. The summed E-state index contributed by atoms with van der Waals surface area (Å²) in [4.78, 5) is 38.2. The van der Waals surface area contributed by atoms with E-state index in [1.54, 1.807) is 6.08 Å². The van der Waals surface area contributed by atoms with E-state index >= 15 is 0 Å². The molecule has 128 valence electrons. The van der Waals surface area contributed by atoms with Crippen LogP contribution in [0.4, 0.5) is 4.79 Å². The summed E-state index contributed by atoms with van der Waals surface area (Å²) in [7, 11) is 0. The predicted molar refractivity (Wildman–Crippen MR) is 99.3 cm³/mol. The standard InChI is InChI=1S/C20H14N2O3S/c1-13-2-4-14(5-3-13)10-18-19(24)22(20(25)26-18)12-17(23)16-8-6-15(11-21)7-9-16/h2-10H,12H2,1H3/b18-10+. The number of carbonyl (C=O) groups is 3. The maximum Gasteiger partial charge on any atom is 0.293 e. The van der Waals surface area contributed by atoms with Gasteiger partial charge in [0.05, 0.1) is 23.1 Å². The summed E-state index contributed by atoms with van der Waals surface area (Å²) in [5, 5.41) is 8.33. The van der Waals surface area contributed by atoms with Gasteiger partial charge in [0.2, 0.25) is 0 Å². The third-order valence-electron chi connectivity index (χ3n) is 3.89. The molecule has 5 nitrogen and oxygen atoms in total. The number of aryl methyl sites for hydroxylation is 1. The van der Waals surface area contributed by atoms with Crippen LogP contribution < -0.4 is 0 Å². The molecule has 1 aliphatic rings. The van der Waals surface area contributed by atoms with E-state index in [2.05, 4.69) is 0 Å². The van der Waals surface area contributed by atoms with Gasteiger partial charge in [-0.2, -0.15) is 5.26 Å². The van der Waals surface area contributed by atoms with Gasteiger partial charge in [-0.1, -0.05) is 42.0 Å². The number of hydrogen-bond acceptors (Lipinski definition) is 5. The van der Waals surface area contributed by atoms with Gasteiger partial charge in [0, 0.05) is 5.56 Å². The van der Waals surface area contributed by atoms with Crippen LogP contribution in [0.5, 0.6) is 0 Å². The first kappa shape index (κ1) is 17.6. The lowest BCUT2D eigenvalue weighted by Crippen LogP contribution is -2.33. The highest BCUT2D eigenvalue weighted by atomic mass is 32.2. The lowest BCUT2D eigenvalue weighted by Gasteiger charge is -2.11. The number of imide groups is 1. The highest BCUT2D eigenvalue weighted by molar-refractivity contribution is 8.18. The van der Waals surface area contributed by atoms with Crippen molar-refractivity contribution in [3.05, 3.63) is 75.7 Å². The molecule has 0 atom stereocenters. The summed E-state index contributed by atoms with van der Waals surface area (Å²) in [6.45, 7) is 1.65. The van der Waals surface area contributed by atoms with Crippen LogP contribution in [-0.4, -0.2) is 28.4 Å². The number of benzene rings is 2. The maximum absolute atomic E-state index is 12.5. The third-order valence-corrected chi connectivity index (χ3v) is 4.79. The van der Waals surface area contributed by atoms with Gasteiger partial charge in [0.1, 0.15) is 0 Å². The van der Waals surface area contributed by atoms with Gasteiger partial charge < -0.3 is 0 Å². The molecule has 1 fully saturated rings. The first-order valence-electron chi connectivity index (χ1n) is 7.83. The molecule has 0 N–H and O–H groups in total. The van der Waals surface area contributed by atoms with Crippen molar-refractivity contribution in [1.82, 2.24) is 4.90 Å². The smallest absolute Gasteiger partial charge is 0.292 e. The fourth-order valence-corrected chi connectivity index (χ4v) is 3.25. The Bertz CT molecular complexity index is 954. The molecule has 0 spiro atoms. The molecule has 1 aliphatic heterocycles. The van der Waals surface area contributed by atoms with Crippen molar-refractivity contribution < 1.29 is 14.4 Å². The highest BCUT2D eigenvalue weighted by Gasteiger charge is 2.36. The Hall–Kier alpha value is -3.17. The van der Waals surface area contributed by atoms with Crippen molar-refractivity contribution in [1.29, 1.82) is 5.26 Å². The molecule has 0 bridgehead atoms. The molecule has 0 saturated carbocycles. The summed E-state index contributed by atoms with van der Waals surface area (Å²) in [6.07, 6.45) is 1.65. The minimum atomic E-state index is -0.470. The number of thioether (sulfide) groups is 1. The molecular formula is C20H14N2O3S. The fraction of sp³-hybridized carbons (Fsp3) is 0.100. The molecule has 1 saturated heterocycles. The van der Waals surface area contributed by atoms with Crippen LogP contribution >= 0.6 is 11.8 Å². The van der Waals surface area contributed by atoms with E-state index in [-0.39, 0.29) is 12.3 Å². The number of amides is 2. The highest BCUT2D eigenvalue weighted by Crippen LogP contribution is 2.32. The largest absolute Gasteiger partial charge is 0.293 e. The summed E-state index contributed by atoms with van der Waals surface area (Å²) in [5.74, 6) is -0.823. The van der Waals surface area contributed by atoms with E-state index in [4.69, 9.17) is 5.26 Å². The zero-order chi connectivity index (χ0) is 18.7. The first-order valence-corrected chi connectivity index (χ1v) is 8.65. The van der Waals surface area contributed by atoms with E-state index in [0.29, 0.717) is 16.0 Å². The van der Waals surface area contributed by atoms with Crippen LogP contribution in [0, 0.1) is 18.3 Å². The lowest BCUT2D eigenvalue weighted by molar-refractivity contribution is -0.122. The van der Waals surface area contributed by atoms with Crippen molar-refractivity contribution >= 4 is 34.8 Å². The molecular weight excluding hydrogens is 348 g/mol. The molecule has 0 unspecified atom stereocenters. The maximum atomic E-state index is 12.5. The Morgan fingerprint density at radius 3 is 2.38 bits per heavy atom. The van der Waals surface area contributed by atoms with Crippen LogP contribution in [0.25, 0.3) is 6.08 Å². The Labute approximate surface area is 154 Å². The van der Waals surface area contributed by atoms with E-state index in [9.17, 15) is 14.4 Å². The van der Waals surface area contributed by atoms with Crippen molar-refractivity contribution in [2.75, 3.05) is 6.54 Å². The number of carbonyl (C=O) groups excluding carboxylic acids is 3. The van der Waals surface area contributed by atoms with Crippen molar-refractivity contribution in [3.63, 3.8) is 0 Å². The van der Waals surface area contributed by atoms with Gasteiger partial charge in [-0.15, -0.1) is 0 Å². The molecule has 6 heteroatoms. The van der Waals surface area contributed by atoms with Crippen molar-refractivity contribution in [2.45, 2.75) is 6.92 Å². The number of hydrogen-bond donors (Lipinski definition) is 0. The summed E-state index contributed by atoms with van der Waals surface area (Å²) in [5.41, 5.74) is 2.71. The second-order valence-electron chi connectivity index (χ2n) is 5.79. The Morgan fingerprint density at radius 2 is 1.77 bits per heavy atom. The lowest BCUT2D eigenvalue weighted by atomic mass is 10.1. The van der Waals surface area contributed by atoms with Crippen LogP contribution in [0.15, 0.2) is 53.4 Å². The molecule has 0 radical (unpaired) electrons. The molecule has 2 amide bonds. The Balaban J connectivity index is 1.75. The Kier molecular flexibility index (Phi) is 5.01. The van der Waals surface area contributed by atoms with Gasteiger partial charge >= 0.3 is 0 Å². The zero-order valence-corrected chi connectivity index (χ0v) is 14.7. The predicted octanol–water partition coefficient (Wildman–Crippen LogP) is 3.79. The third kappa shape index (κ3) is 3.73. The topological polar surface area (TPSA) is 78.2 Å². The first-order chi connectivity index (χ1) is 12.5. The molecule has 1 heterocycles. The van der Waals surface area contributed by atoms with Gasteiger partial charge in [0.25, 0.3) is 11.1 Å². The van der Waals surface area contributed by atoms with Crippen LogP contribution in [0.3, 0.4) is 0 Å². The molecule has 2 aromatic rings. The normalized spacial score (nSPS) is 15.4. The van der Waals surface area contributed by atoms with Gasteiger partial charge in [-0.05, 0) is 42.5 Å². The fourth-order valence-electron chi connectivity index (χ4n) is 2.42. The SMILES string of the molecule is Cc1ccc(/C=C2/SC(=O)N(CC(=O)c3ccc(C#N)cc3)C2=O)cc1. The molecule has 0 aromatic heterocycles. The average Bonchev–Trinajstić information content (AvgIpc) is 2.91. The number of rotatable bonds is 4. The number of nitriles is 1. The minimum absolute atomic E-state index is 0.298. The van der Waals surface area contributed by atoms with Crippen molar-refractivity contribution in [2.24, 2.45) is 0 Å². The number of Topliss-reactive ketones (excluding diaryl/α,β-unsaturated/α-hetero) is 1. The van der Waals surface area contributed by atoms with E-state index in [1.807, 2.05) is 37.3 Å². The van der Waals surface area contributed by atoms with Crippen molar-refractivity contribution in [3.8, 4) is 6.07 Å². The molecule has 2 aromatic carbocycles. The summed E-state index contributed by atoms with van der Waals surface area (Å²) in [6, 6.07) is 15.6. The quantitative estimate of drug-likeness (QED) is 0.611. The summed E-state index contributed by atoms with van der Waals surface area (Å²) < 4.78 is 0. The molecule has 3 rings (SSSR count). The van der Waals surface area contributed by atoms with Gasteiger partial charge in [-0.25, -0.2) is 0 Å². The van der Waals surface area contributed by atoms with Gasteiger partial charge in [0.15, 0.2) is 5.78 Å². The minimum Gasteiger partial charge on any atom is -0.292 e. The van der Waals surface area contributed by atoms with Crippen LogP contribution in [-0.2, 0) is 4.79 Å².